The van der Waals surface area contributed by atoms with E-state index >= 15 is 0 Å². The zero-order chi connectivity index (χ0) is 15.8. The first-order valence-electron chi connectivity index (χ1n) is 7.99. The largest absolute Gasteiger partial charge is 1.00 e. The van der Waals surface area contributed by atoms with Gasteiger partial charge in [-0.3, -0.25) is 0 Å². The van der Waals surface area contributed by atoms with Crippen molar-refractivity contribution < 1.29 is 66.4 Å². The van der Waals surface area contributed by atoms with E-state index in [9.17, 15) is 15.0 Å². The molecule has 0 saturated carbocycles. The third-order valence-corrected chi connectivity index (χ3v) is 3.11. The van der Waals surface area contributed by atoms with Crippen LogP contribution in [-0.2, 0) is 4.79 Å². The van der Waals surface area contributed by atoms with E-state index in [1.165, 1.54) is 0 Å². The number of rotatable bonds is 13. The minimum Gasteiger partial charge on any atom is -0.550 e. The molecule has 0 rings (SSSR count). The van der Waals surface area contributed by atoms with Crippen molar-refractivity contribution in [3.05, 3.63) is 36.5 Å². The molecule has 0 aromatic carbocycles. The Labute approximate surface area is 178 Å². The quantitative estimate of drug-likeness (QED) is 0.300. The van der Waals surface area contributed by atoms with Gasteiger partial charge in [-0.15, -0.1) is 0 Å². The van der Waals surface area contributed by atoms with Gasteiger partial charge < -0.3 is 15.0 Å². The summed E-state index contributed by atoms with van der Waals surface area (Å²) in [5, 5.41) is 19.9. The molecule has 3 nitrogen and oxygen atoms in total. The topological polar surface area (TPSA) is 60.4 Å². The fourth-order valence-electron chi connectivity index (χ4n) is 1.92. The molecule has 0 heterocycles. The smallest absolute Gasteiger partial charge is 0.550 e. The fourth-order valence-corrected chi connectivity index (χ4v) is 1.92. The first-order chi connectivity index (χ1) is 10.2. The van der Waals surface area contributed by atoms with Crippen molar-refractivity contribution in [1.29, 1.82) is 0 Å². The molecule has 0 bridgehead atoms. The minimum absolute atomic E-state index is 0. The Bertz CT molecular complexity index is 335. The number of allylic oxidation sites excluding steroid dienone is 6. The van der Waals surface area contributed by atoms with Crippen molar-refractivity contribution in [2.45, 2.75) is 70.8 Å². The average Bonchev–Trinajstić information content (AvgIpc) is 2.44. The number of hydrogen-bond donors (Lipinski definition) is 1. The van der Waals surface area contributed by atoms with Crippen LogP contribution in [0.3, 0.4) is 0 Å². The molecule has 0 radical (unpaired) electrons. The third kappa shape index (κ3) is 20.3. The molecule has 1 atom stereocenters. The predicted octanol–water partition coefficient (Wildman–Crippen LogP) is 0.301. The Kier molecular flexibility index (Phi) is 21.6. The number of unbranched alkanes of at least 4 members (excludes halogenated alkanes) is 1. The number of aliphatic hydroxyl groups excluding tert-OH is 1. The Morgan fingerprint density at radius 3 is 2.14 bits per heavy atom. The summed E-state index contributed by atoms with van der Waals surface area (Å²) in [6, 6.07) is 0. The Balaban J connectivity index is 0. The van der Waals surface area contributed by atoms with Gasteiger partial charge >= 0.3 is 51.4 Å². The fraction of sp³-hybridized carbons (Fsp3) is 0.611. The number of carboxylic acid groups (broad SMARTS) is 1. The molecular weight excluding hydrogens is 303 g/mol. The molecule has 0 aliphatic heterocycles. The Morgan fingerprint density at radius 2 is 1.55 bits per heavy atom. The maximum Gasteiger partial charge on any atom is 1.00 e. The van der Waals surface area contributed by atoms with Crippen LogP contribution < -0.4 is 56.5 Å². The summed E-state index contributed by atoms with van der Waals surface area (Å²) in [6.45, 7) is 2.13. The first kappa shape index (κ1) is 24.5. The minimum atomic E-state index is -1.04. The molecule has 1 unspecified atom stereocenters. The maximum absolute atomic E-state index is 10.2. The molecule has 0 saturated heterocycles. The molecule has 120 valence electrons. The Hall–Kier alpha value is 0.286. The van der Waals surface area contributed by atoms with E-state index < -0.39 is 5.97 Å². The van der Waals surface area contributed by atoms with Gasteiger partial charge in [0, 0.05) is 5.97 Å². The molecule has 22 heavy (non-hydrogen) atoms. The van der Waals surface area contributed by atoms with Crippen LogP contribution in [0.25, 0.3) is 0 Å². The van der Waals surface area contributed by atoms with Gasteiger partial charge in [-0.25, -0.2) is 0 Å². The van der Waals surface area contributed by atoms with Crippen molar-refractivity contribution in [2.75, 3.05) is 0 Å². The average molecular weight is 333 g/mol. The summed E-state index contributed by atoms with van der Waals surface area (Å²) >= 11 is 0. The standard InChI is InChI=1S/C18H30O3.K/c1-2-3-4-5-6-7-8-9-10-11-12-14-17(19)15-13-16-18(20)21;/h3-4,6-7,9-10,17,19H,2,5,8,11-16H2,1H3,(H,20,21);/q;+1/p-1/b4-3-,7-6-,10-9-;. The van der Waals surface area contributed by atoms with Gasteiger partial charge in [-0.1, -0.05) is 43.4 Å². The van der Waals surface area contributed by atoms with Crippen LogP contribution in [0, 0.1) is 0 Å². The number of carbonyl (C=O) groups is 1. The van der Waals surface area contributed by atoms with Crippen LogP contribution in [0.4, 0.5) is 0 Å². The van der Waals surface area contributed by atoms with Crippen molar-refractivity contribution in [3.63, 3.8) is 0 Å². The Morgan fingerprint density at radius 1 is 1.00 bits per heavy atom. The van der Waals surface area contributed by atoms with Gasteiger partial charge in [-0.05, 0) is 57.8 Å². The molecular formula is C18H29KO3. The van der Waals surface area contributed by atoms with Crippen LogP contribution in [0.15, 0.2) is 36.5 Å². The van der Waals surface area contributed by atoms with Crippen LogP contribution in [0.1, 0.15) is 64.7 Å². The van der Waals surface area contributed by atoms with Crippen molar-refractivity contribution in [2.24, 2.45) is 0 Å². The normalized spacial score (nSPS) is 13.0. The van der Waals surface area contributed by atoms with Gasteiger partial charge in [0.25, 0.3) is 0 Å². The SMILES string of the molecule is CC/C=C\C/C=C\C/C=C\CCCC(O)CCCC(=O)[O-].[K+]. The molecule has 0 spiro atoms. The summed E-state index contributed by atoms with van der Waals surface area (Å²) in [4.78, 5) is 10.2. The molecule has 4 heteroatoms. The summed E-state index contributed by atoms with van der Waals surface area (Å²) in [5.74, 6) is -1.04. The molecule has 0 aliphatic carbocycles. The zero-order valence-electron chi connectivity index (χ0n) is 14.2. The number of aliphatic hydroxyl groups is 1. The van der Waals surface area contributed by atoms with Crippen LogP contribution in [-0.4, -0.2) is 17.2 Å². The third-order valence-electron chi connectivity index (χ3n) is 3.11. The van der Waals surface area contributed by atoms with E-state index in [1.807, 2.05) is 0 Å². The van der Waals surface area contributed by atoms with E-state index in [0.29, 0.717) is 12.8 Å². The van der Waals surface area contributed by atoms with Crippen molar-refractivity contribution in [3.8, 4) is 0 Å². The van der Waals surface area contributed by atoms with Crippen molar-refractivity contribution >= 4 is 5.97 Å². The van der Waals surface area contributed by atoms with E-state index in [4.69, 9.17) is 0 Å². The zero-order valence-corrected chi connectivity index (χ0v) is 17.3. The van der Waals surface area contributed by atoms with Gasteiger partial charge in [-0.2, -0.15) is 0 Å². The number of aliphatic carboxylic acids is 1. The second kappa shape index (κ2) is 19.3. The summed E-state index contributed by atoms with van der Waals surface area (Å²) in [6.07, 6.45) is 19.3. The summed E-state index contributed by atoms with van der Waals surface area (Å²) in [5.41, 5.74) is 0. The van der Waals surface area contributed by atoms with E-state index in [0.717, 1.165) is 38.5 Å². The van der Waals surface area contributed by atoms with Gasteiger partial charge in [0.2, 0.25) is 0 Å². The van der Waals surface area contributed by atoms with E-state index in [2.05, 4.69) is 43.4 Å². The van der Waals surface area contributed by atoms with Gasteiger partial charge in [0.05, 0.1) is 6.10 Å². The van der Waals surface area contributed by atoms with Crippen LogP contribution in [0.2, 0.25) is 0 Å². The first-order valence-corrected chi connectivity index (χ1v) is 7.99. The second-order valence-corrected chi connectivity index (χ2v) is 5.14. The van der Waals surface area contributed by atoms with E-state index in [-0.39, 0.29) is 63.9 Å². The molecule has 0 aliphatic rings. The molecule has 0 aromatic heterocycles. The predicted molar refractivity (Wildman–Crippen MR) is 85.7 cm³/mol. The van der Waals surface area contributed by atoms with Gasteiger partial charge in [0.1, 0.15) is 0 Å². The van der Waals surface area contributed by atoms with Crippen LogP contribution in [0.5, 0.6) is 0 Å². The maximum atomic E-state index is 10.2. The molecule has 0 fully saturated rings. The number of carbonyl (C=O) groups excluding carboxylic acids is 1. The molecule has 0 amide bonds. The summed E-state index contributed by atoms with van der Waals surface area (Å²) in [7, 11) is 0. The second-order valence-electron chi connectivity index (χ2n) is 5.14. The van der Waals surface area contributed by atoms with Crippen LogP contribution >= 0.6 is 0 Å². The number of carboxylic acids is 1. The van der Waals surface area contributed by atoms with Gasteiger partial charge in [0.15, 0.2) is 0 Å². The van der Waals surface area contributed by atoms with E-state index in [1.54, 1.807) is 0 Å². The van der Waals surface area contributed by atoms with Crippen molar-refractivity contribution in [1.82, 2.24) is 0 Å². The number of hydrogen-bond acceptors (Lipinski definition) is 3. The molecule has 1 N–H and O–H groups in total. The monoisotopic (exact) mass is 332 g/mol. The molecule has 0 aromatic rings. The summed E-state index contributed by atoms with van der Waals surface area (Å²) < 4.78 is 0.